The van der Waals surface area contributed by atoms with Crippen LogP contribution in [0.5, 0.6) is 5.88 Å². The van der Waals surface area contributed by atoms with Crippen LogP contribution >= 0.6 is 0 Å². The predicted molar refractivity (Wildman–Crippen MR) is 60.8 cm³/mol. The summed E-state index contributed by atoms with van der Waals surface area (Å²) in [6, 6.07) is 3.94. The Balaban J connectivity index is 0.000000791. The second-order valence-corrected chi connectivity index (χ2v) is 3.84. The summed E-state index contributed by atoms with van der Waals surface area (Å²) in [5.74, 6) is 0.669. The second kappa shape index (κ2) is 5.63. The lowest BCUT2D eigenvalue weighted by molar-refractivity contribution is 0.397. The largest absolute Gasteiger partial charge is 0.481 e. The quantitative estimate of drug-likeness (QED) is 0.685. The molecule has 80 valence electrons. The Morgan fingerprint density at radius 3 is 2.00 bits per heavy atom. The van der Waals surface area contributed by atoms with Crippen molar-refractivity contribution < 1.29 is 4.74 Å². The Morgan fingerprint density at radius 1 is 1.14 bits per heavy atom. The third-order valence-electron chi connectivity index (χ3n) is 1.81. The van der Waals surface area contributed by atoms with Crippen LogP contribution in [0.1, 0.15) is 40.2 Å². The molecule has 0 aliphatic carbocycles. The highest BCUT2D eigenvalue weighted by molar-refractivity contribution is 5.23. The van der Waals surface area contributed by atoms with Crippen LogP contribution in [0, 0.1) is 0 Å². The van der Waals surface area contributed by atoms with Gasteiger partial charge in [-0.25, -0.2) is 4.98 Å². The molecule has 0 saturated carbocycles. The van der Waals surface area contributed by atoms with Gasteiger partial charge in [0.05, 0.1) is 7.11 Å². The molecular formula is C12H21NO. The zero-order valence-corrected chi connectivity index (χ0v) is 10.1. The summed E-state index contributed by atoms with van der Waals surface area (Å²) >= 11 is 0. The van der Waals surface area contributed by atoms with Gasteiger partial charge in [0.25, 0.3) is 0 Å². The number of rotatable bonds is 1. The van der Waals surface area contributed by atoms with Crippen molar-refractivity contribution in [3.63, 3.8) is 0 Å². The molecule has 2 nitrogen and oxygen atoms in total. The third-order valence-corrected chi connectivity index (χ3v) is 1.81. The van der Waals surface area contributed by atoms with Gasteiger partial charge in [0, 0.05) is 12.3 Å². The zero-order chi connectivity index (χ0) is 11.2. The maximum absolute atomic E-state index is 4.97. The number of aromatic nitrogens is 1. The number of hydrogen-bond donors (Lipinski definition) is 0. The summed E-state index contributed by atoms with van der Waals surface area (Å²) in [6.45, 7) is 10.5. The van der Waals surface area contributed by atoms with Crippen LogP contribution in [-0.4, -0.2) is 12.1 Å². The summed E-state index contributed by atoms with van der Waals surface area (Å²) in [5.41, 5.74) is 1.39. The maximum atomic E-state index is 4.97. The first-order valence-electron chi connectivity index (χ1n) is 5.04. The molecule has 0 radical (unpaired) electrons. The van der Waals surface area contributed by atoms with Crippen LogP contribution in [0.2, 0.25) is 0 Å². The first-order valence-corrected chi connectivity index (χ1v) is 5.04. The van der Waals surface area contributed by atoms with E-state index in [1.165, 1.54) is 5.56 Å². The SMILES string of the molecule is CC.COc1ccc(C(C)(C)C)cn1. The van der Waals surface area contributed by atoms with E-state index in [2.05, 4.69) is 25.8 Å². The maximum Gasteiger partial charge on any atom is 0.212 e. The third kappa shape index (κ3) is 3.77. The minimum atomic E-state index is 0.166. The highest BCUT2D eigenvalue weighted by Gasteiger charge is 2.13. The van der Waals surface area contributed by atoms with Gasteiger partial charge in [-0.05, 0) is 11.0 Å². The summed E-state index contributed by atoms with van der Waals surface area (Å²) in [4.78, 5) is 4.14. The normalized spacial score (nSPS) is 10.1. The molecule has 0 bridgehead atoms. The lowest BCUT2D eigenvalue weighted by atomic mass is 9.88. The highest BCUT2D eigenvalue weighted by Crippen LogP contribution is 2.22. The smallest absolute Gasteiger partial charge is 0.212 e. The van der Waals surface area contributed by atoms with Crippen LogP contribution in [0.3, 0.4) is 0 Å². The molecule has 0 aromatic carbocycles. The topological polar surface area (TPSA) is 22.1 Å². The van der Waals surface area contributed by atoms with Gasteiger partial charge in [-0.15, -0.1) is 0 Å². The molecule has 1 aromatic heterocycles. The summed E-state index contributed by atoms with van der Waals surface area (Å²) in [5, 5.41) is 0. The second-order valence-electron chi connectivity index (χ2n) is 3.84. The van der Waals surface area contributed by atoms with E-state index in [1.54, 1.807) is 7.11 Å². The molecule has 0 saturated heterocycles. The molecule has 0 aliphatic rings. The highest BCUT2D eigenvalue weighted by atomic mass is 16.5. The first kappa shape index (κ1) is 12.9. The molecule has 1 rings (SSSR count). The zero-order valence-electron chi connectivity index (χ0n) is 10.1. The van der Waals surface area contributed by atoms with Crippen molar-refractivity contribution in [1.82, 2.24) is 4.98 Å². The van der Waals surface area contributed by atoms with E-state index in [0.717, 1.165) is 0 Å². The Bertz CT molecular complexity index is 246. The Labute approximate surface area is 87.3 Å². The number of methoxy groups -OCH3 is 1. The monoisotopic (exact) mass is 195 g/mol. The Hall–Kier alpha value is -1.05. The van der Waals surface area contributed by atoms with E-state index in [9.17, 15) is 0 Å². The fourth-order valence-corrected chi connectivity index (χ4v) is 0.945. The number of nitrogens with zero attached hydrogens (tertiary/aromatic N) is 1. The number of ether oxygens (including phenoxy) is 1. The summed E-state index contributed by atoms with van der Waals surface area (Å²) in [6.07, 6.45) is 1.86. The summed E-state index contributed by atoms with van der Waals surface area (Å²) < 4.78 is 4.97. The minimum Gasteiger partial charge on any atom is -0.481 e. The molecule has 14 heavy (non-hydrogen) atoms. The fourth-order valence-electron chi connectivity index (χ4n) is 0.945. The van der Waals surface area contributed by atoms with E-state index < -0.39 is 0 Å². The minimum absolute atomic E-state index is 0.166. The van der Waals surface area contributed by atoms with Crippen molar-refractivity contribution in [2.75, 3.05) is 7.11 Å². The van der Waals surface area contributed by atoms with E-state index in [4.69, 9.17) is 4.74 Å². The molecule has 0 fully saturated rings. The molecule has 0 N–H and O–H groups in total. The predicted octanol–water partition coefficient (Wildman–Crippen LogP) is 3.41. The molecule has 1 aromatic rings. The van der Waals surface area contributed by atoms with Crippen molar-refractivity contribution >= 4 is 0 Å². The standard InChI is InChI=1S/C10H15NO.C2H6/c1-10(2,3)8-5-6-9(12-4)11-7-8;1-2/h5-7H,1-4H3;1-2H3. The van der Waals surface area contributed by atoms with Crippen molar-refractivity contribution in [2.45, 2.75) is 40.0 Å². The van der Waals surface area contributed by atoms with Crippen molar-refractivity contribution in [3.8, 4) is 5.88 Å². The van der Waals surface area contributed by atoms with E-state index in [-0.39, 0.29) is 5.41 Å². The van der Waals surface area contributed by atoms with Crippen LogP contribution in [-0.2, 0) is 5.41 Å². The molecule has 2 heteroatoms. The molecule has 0 amide bonds. The van der Waals surface area contributed by atoms with Gasteiger partial charge in [-0.1, -0.05) is 40.7 Å². The fraction of sp³-hybridized carbons (Fsp3) is 0.583. The van der Waals surface area contributed by atoms with Gasteiger partial charge < -0.3 is 4.74 Å². The van der Waals surface area contributed by atoms with Crippen molar-refractivity contribution in [1.29, 1.82) is 0 Å². The molecule has 0 unspecified atom stereocenters. The van der Waals surface area contributed by atoms with Crippen LogP contribution < -0.4 is 4.74 Å². The van der Waals surface area contributed by atoms with E-state index >= 15 is 0 Å². The van der Waals surface area contributed by atoms with Gasteiger partial charge in [-0.3, -0.25) is 0 Å². The van der Waals surface area contributed by atoms with Gasteiger partial charge >= 0.3 is 0 Å². The van der Waals surface area contributed by atoms with Crippen LogP contribution in [0.4, 0.5) is 0 Å². The van der Waals surface area contributed by atoms with Crippen LogP contribution in [0.25, 0.3) is 0 Å². The molecule has 0 atom stereocenters. The molecule has 0 aliphatic heterocycles. The Kier molecular flexibility index (Phi) is 5.21. The van der Waals surface area contributed by atoms with Gasteiger partial charge in [0.2, 0.25) is 5.88 Å². The number of pyridine rings is 1. The average Bonchev–Trinajstić information content (AvgIpc) is 2.20. The van der Waals surface area contributed by atoms with Crippen molar-refractivity contribution in [2.24, 2.45) is 0 Å². The van der Waals surface area contributed by atoms with Crippen LogP contribution in [0.15, 0.2) is 18.3 Å². The lowest BCUT2D eigenvalue weighted by Gasteiger charge is -2.18. The Morgan fingerprint density at radius 2 is 1.71 bits per heavy atom. The lowest BCUT2D eigenvalue weighted by Crippen LogP contribution is -2.11. The van der Waals surface area contributed by atoms with E-state index in [0.29, 0.717) is 5.88 Å². The van der Waals surface area contributed by atoms with Gasteiger partial charge in [-0.2, -0.15) is 0 Å². The molecular weight excluding hydrogens is 174 g/mol. The average molecular weight is 195 g/mol. The summed E-state index contributed by atoms with van der Waals surface area (Å²) in [7, 11) is 1.62. The first-order chi connectivity index (χ1) is 6.54. The van der Waals surface area contributed by atoms with Crippen molar-refractivity contribution in [3.05, 3.63) is 23.9 Å². The molecule has 1 heterocycles. The molecule has 0 spiro atoms. The number of hydrogen-bond acceptors (Lipinski definition) is 2. The van der Waals surface area contributed by atoms with Gasteiger partial charge in [0.15, 0.2) is 0 Å². The van der Waals surface area contributed by atoms with E-state index in [1.807, 2.05) is 32.2 Å². The van der Waals surface area contributed by atoms with Gasteiger partial charge in [0.1, 0.15) is 0 Å².